The highest BCUT2D eigenvalue weighted by molar-refractivity contribution is 5.15. The highest BCUT2D eigenvalue weighted by Gasteiger charge is 2.46. The summed E-state index contributed by atoms with van der Waals surface area (Å²) < 4.78 is 26.9. The summed E-state index contributed by atoms with van der Waals surface area (Å²) in [5, 5.41) is 4.30. The fourth-order valence-corrected chi connectivity index (χ4v) is 1.87. The first kappa shape index (κ1) is 9.62. The van der Waals surface area contributed by atoms with Crippen molar-refractivity contribution in [2.75, 3.05) is 0 Å². The van der Waals surface area contributed by atoms with Crippen LogP contribution in [0.4, 0.5) is 8.78 Å². The topological polar surface area (TPSA) is 17.8 Å². The third-order valence-corrected chi connectivity index (χ3v) is 2.79. The molecule has 4 heteroatoms. The molecule has 0 radical (unpaired) electrons. The summed E-state index contributed by atoms with van der Waals surface area (Å²) in [7, 11) is 0. The Labute approximate surface area is 81.9 Å². The SMILES string of the molecule is CCc1nn(C2CC(F)(F)C2)cc1C. The Hall–Kier alpha value is -0.930. The molecular weight excluding hydrogens is 186 g/mol. The zero-order chi connectivity index (χ0) is 10.3. The van der Waals surface area contributed by atoms with Crippen LogP contribution >= 0.6 is 0 Å². The van der Waals surface area contributed by atoms with Crippen molar-refractivity contribution in [3.05, 3.63) is 17.5 Å². The van der Waals surface area contributed by atoms with Gasteiger partial charge >= 0.3 is 0 Å². The quantitative estimate of drug-likeness (QED) is 0.717. The lowest BCUT2D eigenvalue weighted by atomic mass is 9.88. The molecule has 0 aliphatic heterocycles. The first-order valence-electron chi connectivity index (χ1n) is 4.94. The summed E-state index contributed by atoms with van der Waals surface area (Å²) in [6, 6.07) is -0.0935. The number of hydrogen-bond acceptors (Lipinski definition) is 1. The molecule has 1 aromatic rings. The Kier molecular flexibility index (Phi) is 2.09. The average Bonchev–Trinajstić information content (AvgIpc) is 2.42. The van der Waals surface area contributed by atoms with E-state index in [-0.39, 0.29) is 18.9 Å². The van der Waals surface area contributed by atoms with Gasteiger partial charge in [0.15, 0.2) is 0 Å². The van der Waals surface area contributed by atoms with Crippen LogP contribution in [-0.2, 0) is 6.42 Å². The number of halogens is 2. The van der Waals surface area contributed by atoms with Gasteiger partial charge < -0.3 is 0 Å². The Morgan fingerprint density at radius 2 is 2.21 bits per heavy atom. The second kappa shape index (κ2) is 3.04. The monoisotopic (exact) mass is 200 g/mol. The summed E-state index contributed by atoms with van der Waals surface area (Å²) in [6.07, 6.45) is 2.62. The van der Waals surface area contributed by atoms with Gasteiger partial charge in [0, 0.05) is 19.0 Å². The van der Waals surface area contributed by atoms with Gasteiger partial charge in [0.25, 0.3) is 5.92 Å². The highest BCUT2D eigenvalue weighted by Crippen LogP contribution is 2.45. The highest BCUT2D eigenvalue weighted by atomic mass is 19.3. The molecule has 1 aliphatic carbocycles. The molecule has 1 aliphatic rings. The molecule has 0 unspecified atom stereocenters. The number of aryl methyl sites for hydroxylation is 2. The van der Waals surface area contributed by atoms with Crippen LogP contribution in [0.5, 0.6) is 0 Å². The number of nitrogens with zero attached hydrogens (tertiary/aromatic N) is 2. The lowest BCUT2D eigenvalue weighted by Gasteiger charge is -2.34. The van der Waals surface area contributed by atoms with Crippen molar-refractivity contribution in [1.29, 1.82) is 0 Å². The van der Waals surface area contributed by atoms with Gasteiger partial charge in [0.2, 0.25) is 0 Å². The number of alkyl halides is 2. The fourth-order valence-electron chi connectivity index (χ4n) is 1.87. The molecule has 2 rings (SSSR count). The van der Waals surface area contributed by atoms with Crippen molar-refractivity contribution in [1.82, 2.24) is 9.78 Å². The predicted molar refractivity (Wildman–Crippen MR) is 49.6 cm³/mol. The van der Waals surface area contributed by atoms with Gasteiger partial charge in [-0.1, -0.05) is 6.92 Å². The lowest BCUT2D eigenvalue weighted by Crippen LogP contribution is -2.37. The van der Waals surface area contributed by atoms with E-state index in [1.54, 1.807) is 4.68 Å². The van der Waals surface area contributed by atoms with E-state index >= 15 is 0 Å². The van der Waals surface area contributed by atoms with Crippen molar-refractivity contribution < 1.29 is 8.78 Å². The third kappa shape index (κ3) is 1.53. The molecule has 0 N–H and O–H groups in total. The van der Waals surface area contributed by atoms with Gasteiger partial charge in [-0.25, -0.2) is 8.78 Å². The summed E-state index contributed by atoms with van der Waals surface area (Å²) >= 11 is 0. The minimum Gasteiger partial charge on any atom is -0.269 e. The van der Waals surface area contributed by atoms with Gasteiger partial charge in [-0.3, -0.25) is 4.68 Å². The molecule has 0 bridgehead atoms. The van der Waals surface area contributed by atoms with Crippen molar-refractivity contribution in [3.8, 4) is 0 Å². The van der Waals surface area contributed by atoms with Crippen LogP contribution in [0.3, 0.4) is 0 Å². The molecule has 0 spiro atoms. The maximum absolute atomic E-state index is 12.6. The van der Waals surface area contributed by atoms with Crippen LogP contribution in [0.2, 0.25) is 0 Å². The molecule has 0 atom stereocenters. The van der Waals surface area contributed by atoms with Crippen molar-refractivity contribution in [2.24, 2.45) is 0 Å². The van der Waals surface area contributed by atoms with Crippen LogP contribution < -0.4 is 0 Å². The number of aromatic nitrogens is 2. The van der Waals surface area contributed by atoms with Crippen molar-refractivity contribution in [3.63, 3.8) is 0 Å². The fraction of sp³-hybridized carbons (Fsp3) is 0.700. The molecule has 78 valence electrons. The van der Waals surface area contributed by atoms with Gasteiger partial charge in [-0.05, 0) is 18.9 Å². The van der Waals surface area contributed by atoms with Crippen LogP contribution in [0.25, 0.3) is 0 Å². The maximum atomic E-state index is 12.6. The van der Waals surface area contributed by atoms with E-state index in [0.29, 0.717) is 0 Å². The maximum Gasteiger partial charge on any atom is 0.252 e. The Morgan fingerprint density at radius 1 is 1.57 bits per heavy atom. The molecule has 0 aromatic carbocycles. The largest absolute Gasteiger partial charge is 0.269 e. The molecule has 1 saturated carbocycles. The normalized spacial score (nSPS) is 20.9. The molecule has 1 heterocycles. The Balaban J connectivity index is 2.11. The Bertz CT molecular complexity index is 336. The first-order chi connectivity index (χ1) is 6.52. The van der Waals surface area contributed by atoms with Crippen LogP contribution in [0.15, 0.2) is 6.20 Å². The predicted octanol–water partition coefficient (Wildman–Crippen LogP) is 2.72. The van der Waals surface area contributed by atoms with E-state index in [9.17, 15) is 8.78 Å². The molecule has 1 fully saturated rings. The molecule has 2 nitrogen and oxygen atoms in total. The zero-order valence-electron chi connectivity index (χ0n) is 8.43. The smallest absolute Gasteiger partial charge is 0.252 e. The molecule has 1 aromatic heterocycles. The summed E-state index contributed by atoms with van der Waals surface area (Å²) in [6.45, 7) is 3.99. The van der Waals surface area contributed by atoms with Crippen molar-refractivity contribution in [2.45, 2.75) is 45.1 Å². The van der Waals surface area contributed by atoms with Gasteiger partial charge in [0.1, 0.15) is 0 Å². The third-order valence-electron chi connectivity index (χ3n) is 2.79. The zero-order valence-corrected chi connectivity index (χ0v) is 8.43. The van der Waals surface area contributed by atoms with E-state index in [1.807, 2.05) is 20.0 Å². The first-order valence-corrected chi connectivity index (χ1v) is 4.94. The van der Waals surface area contributed by atoms with E-state index in [0.717, 1.165) is 17.7 Å². The second-order valence-electron chi connectivity index (χ2n) is 4.01. The van der Waals surface area contributed by atoms with E-state index in [2.05, 4.69) is 5.10 Å². The van der Waals surface area contributed by atoms with Gasteiger partial charge in [0.05, 0.1) is 11.7 Å². The van der Waals surface area contributed by atoms with Crippen LogP contribution in [0.1, 0.15) is 37.1 Å². The molecule has 0 saturated heterocycles. The molecular formula is C10H14F2N2. The number of rotatable bonds is 2. The molecule has 14 heavy (non-hydrogen) atoms. The molecule has 0 amide bonds. The van der Waals surface area contributed by atoms with Crippen LogP contribution in [-0.4, -0.2) is 15.7 Å². The minimum atomic E-state index is -2.46. The summed E-state index contributed by atoms with van der Waals surface area (Å²) in [5.74, 6) is -2.46. The van der Waals surface area contributed by atoms with E-state index in [1.165, 1.54) is 0 Å². The minimum absolute atomic E-state index is 0.0583. The summed E-state index contributed by atoms with van der Waals surface area (Å²) in [5.41, 5.74) is 2.11. The van der Waals surface area contributed by atoms with Gasteiger partial charge in [-0.15, -0.1) is 0 Å². The van der Waals surface area contributed by atoms with E-state index in [4.69, 9.17) is 0 Å². The van der Waals surface area contributed by atoms with Gasteiger partial charge in [-0.2, -0.15) is 5.10 Å². The summed E-state index contributed by atoms with van der Waals surface area (Å²) in [4.78, 5) is 0. The standard InChI is InChI=1S/C10H14F2N2/c1-3-9-7(2)6-14(13-9)8-4-10(11,12)5-8/h6,8H,3-5H2,1-2H3. The number of hydrogen-bond donors (Lipinski definition) is 0. The lowest BCUT2D eigenvalue weighted by molar-refractivity contribution is -0.107. The van der Waals surface area contributed by atoms with E-state index < -0.39 is 5.92 Å². The average molecular weight is 200 g/mol. The van der Waals surface area contributed by atoms with Crippen molar-refractivity contribution >= 4 is 0 Å². The Morgan fingerprint density at radius 3 is 2.64 bits per heavy atom. The second-order valence-corrected chi connectivity index (χ2v) is 4.01. The van der Waals surface area contributed by atoms with Crippen LogP contribution in [0, 0.1) is 6.92 Å².